The van der Waals surface area contributed by atoms with Crippen molar-refractivity contribution in [3.05, 3.63) is 66.7 Å². The Morgan fingerprint density at radius 2 is 1.54 bits per heavy atom. The van der Waals surface area contributed by atoms with E-state index in [0.717, 1.165) is 16.1 Å². The number of rotatable bonds is 3. The van der Waals surface area contributed by atoms with Gasteiger partial charge in [-0.1, -0.05) is 30.3 Å². The topological polar surface area (TPSA) is 12.5 Å². The van der Waals surface area contributed by atoms with E-state index < -0.39 is 6.36 Å². The number of alkyl halides is 3. The van der Waals surface area contributed by atoms with Gasteiger partial charge in [-0.3, -0.25) is 0 Å². The third-order valence-corrected chi connectivity index (χ3v) is 5.41. The molecule has 0 radical (unpaired) electrons. The van der Waals surface area contributed by atoms with Crippen molar-refractivity contribution in [2.75, 3.05) is 11.9 Å². The highest BCUT2D eigenvalue weighted by atomic mass is 32.1. The molecule has 0 fully saturated rings. The quantitative estimate of drug-likeness (QED) is 0.395. The summed E-state index contributed by atoms with van der Waals surface area (Å²) in [6.07, 6.45) is -4.68. The highest BCUT2D eigenvalue weighted by Crippen LogP contribution is 2.41. The Morgan fingerprint density at radius 1 is 0.846 bits per heavy atom. The van der Waals surface area contributed by atoms with E-state index in [9.17, 15) is 13.2 Å². The van der Waals surface area contributed by atoms with Crippen LogP contribution in [-0.4, -0.2) is 13.4 Å². The minimum Gasteiger partial charge on any atom is -0.406 e. The van der Waals surface area contributed by atoms with Gasteiger partial charge >= 0.3 is 6.36 Å². The Morgan fingerprint density at radius 3 is 2.27 bits per heavy atom. The summed E-state index contributed by atoms with van der Waals surface area (Å²) in [6, 6.07) is 20.2. The molecule has 0 unspecified atom stereocenters. The molecule has 1 heterocycles. The fraction of sp³-hybridized carbons (Fsp3) is 0.100. The summed E-state index contributed by atoms with van der Waals surface area (Å²) < 4.78 is 43.2. The summed E-state index contributed by atoms with van der Waals surface area (Å²) in [4.78, 5) is 1.97. The van der Waals surface area contributed by atoms with Crippen molar-refractivity contribution in [1.29, 1.82) is 0 Å². The zero-order valence-corrected chi connectivity index (χ0v) is 14.6. The number of hydrogen-bond donors (Lipinski definition) is 0. The Bertz CT molecular complexity index is 1070. The number of thiophene rings is 1. The van der Waals surface area contributed by atoms with Crippen molar-refractivity contribution in [2.45, 2.75) is 6.36 Å². The molecule has 0 aliphatic carbocycles. The van der Waals surface area contributed by atoms with E-state index in [1.807, 2.05) is 36.2 Å². The van der Waals surface area contributed by atoms with Gasteiger partial charge < -0.3 is 9.64 Å². The number of ether oxygens (including phenoxy) is 1. The van der Waals surface area contributed by atoms with Gasteiger partial charge in [-0.15, -0.1) is 24.5 Å². The molecule has 132 valence electrons. The summed E-state index contributed by atoms with van der Waals surface area (Å²) >= 11 is 1.71. The molecule has 1 aromatic heterocycles. The Balaban J connectivity index is 1.73. The summed E-state index contributed by atoms with van der Waals surface area (Å²) in [5.41, 5.74) is 1.79. The first-order valence-corrected chi connectivity index (χ1v) is 8.74. The number of nitrogens with zero attached hydrogens (tertiary/aromatic N) is 1. The molecule has 0 aliphatic rings. The molecule has 0 spiro atoms. The normalized spacial score (nSPS) is 11.8. The summed E-state index contributed by atoms with van der Waals surface area (Å²) in [5.74, 6) is -0.227. The van der Waals surface area contributed by atoms with Crippen LogP contribution in [0.3, 0.4) is 0 Å². The van der Waals surface area contributed by atoms with Crippen LogP contribution in [0.15, 0.2) is 66.7 Å². The molecule has 2 nitrogen and oxygen atoms in total. The summed E-state index contributed by atoms with van der Waals surface area (Å²) in [6.45, 7) is 0. The smallest absolute Gasteiger partial charge is 0.406 e. The molecule has 0 aliphatic heterocycles. The number of halogens is 3. The summed E-state index contributed by atoms with van der Waals surface area (Å²) in [5, 5.41) is 2.38. The molecule has 0 bridgehead atoms. The van der Waals surface area contributed by atoms with E-state index in [1.165, 1.54) is 27.6 Å². The van der Waals surface area contributed by atoms with Crippen LogP contribution in [0.1, 0.15) is 0 Å². The fourth-order valence-electron chi connectivity index (χ4n) is 3.01. The van der Waals surface area contributed by atoms with E-state index in [4.69, 9.17) is 0 Å². The minimum absolute atomic E-state index is 0.227. The second-order valence-electron chi connectivity index (χ2n) is 5.85. The van der Waals surface area contributed by atoms with Crippen LogP contribution in [0.5, 0.6) is 5.75 Å². The molecular formula is C20H14F3NOS. The number of fused-ring (bicyclic) bond motifs is 3. The van der Waals surface area contributed by atoms with Gasteiger partial charge in [0.15, 0.2) is 0 Å². The van der Waals surface area contributed by atoms with Gasteiger partial charge in [-0.2, -0.15) is 0 Å². The van der Waals surface area contributed by atoms with Gasteiger partial charge in [-0.25, -0.2) is 0 Å². The van der Waals surface area contributed by atoms with Crippen LogP contribution in [0.4, 0.5) is 24.5 Å². The SMILES string of the molecule is CN(c1ccc(OC(F)(F)F)cc1)c1cccc2c1sc1ccccc12. The van der Waals surface area contributed by atoms with E-state index in [1.54, 1.807) is 23.5 Å². The molecule has 0 atom stereocenters. The van der Waals surface area contributed by atoms with Crippen molar-refractivity contribution in [3.63, 3.8) is 0 Å². The van der Waals surface area contributed by atoms with Crippen LogP contribution in [0.25, 0.3) is 20.2 Å². The van der Waals surface area contributed by atoms with E-state index >= 15 is 0 Å². The van der Waals surface area contributed by atoms with E-state index in [-0.39, 0.29) is 5.75 Å². The van der Waals surface area contributed by atoms with Gasteiger partial charge in [0.2, 0.25) is 0 Å². The second-order valence-corrected chi connectivity index (χ2v) is 6.90. The first-order chi connectivity index (χ1) is 12.4. The van der Waals surface area contributed by atoms with Crippen molar-refractivity contribution < 1.29 is 17.9 Å². The lowest BCUT2D eigenvalue weighted by molar-refractivity contribution is -0.274. The monoisotopic (exact) mass is 373 g/mol. The zero-order valence-electron chi connectivity index (χ0n) is 13.7. The Hall–Kier alpha value is -2.73. The molecule has 0 amide bonds. The lowest BCUT2D eigenvalue weighted by Crippen LogP contribution is -2.17. The number of anilines is 2. The Labute approximate surface area is 152 Å². The molecule has 4 aromatic rings. The standard InChI is InChI=1S/C20H14F3NOS/c1-24(13-9-11-14(12-10-13)25-20(21,22)23)17-7-4-6-16-15-5-2-3-8-18(15)26-19(16)17/h2-12H,1H3. The average molecular weight is 373 g/mol. The van der Waals surface area contributed by atoms with Crippen LogP contribution < -0.4 is 9.64 Å². The predicted molar refractivity (Wildman–Crippen MR) is 101 cm³/mol. The molecule has 4 rings (SSSR count). The highest BCUT2D eigenvalue weighted by molar-refractivity contribution is 7.26. The summed E-state index contributed by atoms with van der Waals surface area (Å²) in [7, 11) is 1.90. The van der Waals surface area contributed by atoms with Crippen molar-refractivity contribution in [2.24, 2.45) is 0 Å². The van der Waals surface area contributed by atoms with Gasteiger partial charge in [0, 0.05) is 28.2 Å². The van der Waals surface area contributed by atoms with Crippen LogP contribution >= 0.6 is 11.3 Å². The number of benzene rings is 3. The van der Waals surface area contributed by atoms with E-state index in [2.05, 4.69) is 22.9 Å². The highest BCUT2D eigenvalue weighted by Gasteiger charge is 2.31. The lowest BCUT2D eigenvalue weighted by Gasteiger charge is -2.20. The molecule has 26 heavy (non-hydrogen) atoms. The molecular weight excluding hydrogens is 359 g/mol. The van der Waals surface area contributed by atoms with Crippen molar-refractivity contribution in [3.8, 4) is 5.75 Å². The minimum atomic E-state index is -4.68. The molecule has 0 saturated carbocycles. The van der Waals surface area contributed by atoms with Crippen molar-refractivity contribution in [1.82, 2.24) is 0 Å². The largest absolute Gasteiger partial charge is 0.573 e. The molecule has 0 N–H and O–H groups in total. The second kappa shape index (κ2) is 6.21. The third kappa shape index (κ3) is 3.08. The number of hydrogen-bond acceptors (Lipinski definition) is 3. The van der Waals surface area contributed by atoms with Crippen LogP contribution in [0, 0.1) is 0 Å². The van der Waals surface area contributed by atoms with Crippen LogP contribution in [0.2, 0.25) is 0 Å². The first-order valence-electron chi connectivity index (χ1n) is 7.92. The first kappa shape index (κ1) is 16.7. The maximum atomic E-state index is 12.3. The van der Waals surface area contributed by atoms with Gasteiger partial charge in [0.1, 0.15) is 5.75 Å². The van der Waals surface area contributed by atoms with E-state index in [0.29, 0.717) is 0 Å². The third-order valence-electron chi connectivity index (χ3n) is 4.20. The fourth-order valence-corrected chi connectivity index (χ4v) is 4.26. The maximum absolute atomic E-state index is 12.3. The maximum Gasteiger partial charge on any atom is 0.573 e. The average Bonchev–Trinajstić information content (AvgIpc) is 2.99. The molecule has 0 saturated heterocycles. The van der Waals surface area contributed by atoms with Gasteiger partial charge in [0.05, 0.1) is 10.4 Å². The molecule has 3 aromatic carbocycles. The van der Waals surface area contributed by atoms with Crippen molar-refractivity contribution >= 4 is 42.9 Å². The van der Waals surface area contributed by atoms with Gasteiger partial charge in [0.25, 0.3) is 0 Å². The zero-order chi connectivity index (χ0) is 18.3. The van der Waals surface area contributed by atoms with Crippen LogP contribution in [-0.2, 0) is 0 Å². The Kier molecular flexibility index (Phi) is 4.00. The molecule has 6 heteroatoms. The lowest BCUT2D eigenvalue weighted by atomic mass is 10.1. The predicted octanol–water partition coefficient (Wildman–Crippen LogP) is 6.72. The van der Waals surface area contributed by atoms with Gasteiger partial charge in [-0.05, 0) is 36.4 Å².